The highest BCUT2D eigenvalue weighted by molar-refractivity contribution is 9.10. The van der Waals surface area contributed by atoms with Gasteiger partial charge in [-0.25, -0.2) is 0 Å². The number of nitrogens with zero attached hydrogens (tertiary/aromatic N) is 2. The van der Waals surface area contributed by atoms with Crippen molar-refractivity contribution < 1.29 is 0 Å². The van der Waals surface area contributed by atoms with E-state index in [1.54, 1.807) is 0 Å². The summed E-state index contributed by atoms with van der Waals surface area (Å²) in [6.07, 6.45) is 1.03. The van der Waals surface area contributed by atoms with E-state index in [4.69, 9.17) is 5.73 Å². The van der Waals surface area contributed by atoms with Crippen molar-refractivity contribution in [2.24, 2.45) is 0 Å². The van der Waals surface area contributed by atoms with Crippen molar-refractivity contribution in [2.45, 2.75) is 19.9 Å². The molecule has 6 heteroatoms. The number of nitrogen functional groups attached to an aromatic ring is 1. The molecule has 0 bridgehead atoms. The Hall–Kier alpha value is -1.82. The lowest BCUT2D eigenvalue weighted by molar-refractivity contribution is 0.965. The van der Waals surface area contributed by atoms with Crippen molar-refractivity contribution in [1.29, 1.82) is 0 Å². The van der Waals surface area contributed by atoms with E-state index in [9.17, 15) is 0 Å². The summed E-state index contributed by atoms with van der Waals surface area (Å²) in [5.74, 6) is 1.72. The molecule has 20 heavy (non-hydrogen) atoms. The lowest BCUT2D eigenvalue weighted by Gasteiger charge is -2.10. The zero-order valence-corrected chi connectivity index (χ0v) is 12.9. The molecule has 0 unspecified atom stereocenters. The van der Waals surface area contributed by atoms with E-state index in [1.165, 1.54) is 0 Å². The SMILES string of the molecule is CCCNc1cc(NCc2ccccc2Br)nc(N)n1. The van der Waals surface area contributed by atoms with Crippen LogP contribution >= 0.6 is 15.9 Å². The lowest BCUT2D eigenvalue weighted by atomic mass is 10.2. The summed E-state index contributed by atoms with van der Waals surface area (Å²) >= 11 is 3.52. The summed E-state index contributed by atoms with van der Waals surface area (Å²) in [5.41, 5.74) is 6.88. The molecule has 5 nitrogen and oxygen atoms in total. The number of anilines is 3. The number of nitrogens with two attached hydrogens (primary N) is 1. The summed E-state index contributed by atoms with van der Waals surface area (Å²) in [5, 5.41) is 6.46. The molecule has 0 fully saturated rings. The largest absolute Gasteiger partial charge is 0.370 e. The first-order chi connectivity index (χ1) is 9.69. The number of halogens is 1. The molecule has 4 N–H and O–H groups in total. The molecular formula is C14H18BrN5. The van der Waals surface area contributed by atoms with Crippen molar-refractivity contribution in [3.63, 3.8) is 0 Å². The first-order valence-corrected chi connectivity index (χ1v) is 7.34. The van der Waals surface area contributed by atoms with Crippen LogP contribution in [0.1, 0.15) is 18.9 Å². The zero-order chi connectivity index (χ0) is 14.4. The van der Waals surface area contributed by atoms with E-state index >= 15 is 0 Å². The highest BCUT2D eigenvalue weighted by atomic mass is 79.9. The minimum Gasteiger partial charge on any atom is -0.370 e. The quantitative estimate of drug-likeness (QED) is 0.755. The van der Waals surface area contributed by atoms with Gasteiger partial charge < -0.3 is 16.4 Å². The van der Waals surface area contributed by atoms with Crippen LogP contribution < -0.4 is 16.4 Å². The molecular weight excluding hydrogens is 318 g/mol. The van der Waals surface area contributed by atoms with Crippen molar-refractivity contribution in [3.05, 3.63) is 40.4 Å². The summed E-state index contributed by atoms with van der Waals surface area (Å²) in [6.45, 7) is 3.63. The Kier molecular flexibility index (Phi) is 5.17. The number of hydrogen-bond acceptors (Lipinski definition) is 5. The fourth-order valence-electron chi connectivity index (χ4n) is 1.73. The Labute approximate surface area is 127 Å². The minimum atomic E-state index is 0.265. The van der Waals surface area contributed by atoms with Gasteiger partial charge in [0.25, 0.3) is 0 Å². The van der Waals surface area contributed by atoms with E-state index in [0.717, 1.165) is 28.8 Å². The number of aromatic nitrogens is 2. The van der Waals surface area contributed by atoms with Gasteiger partial charge in [-0.05, 0) is 18.1 Å². The molecule has 0 amide bonds. The van der Waals surface area contributed by atoms with Gasteiger partial charge in [-0.1, -0.05) is 41.1 Å². The predicted octanol–water partition coefficient (Wildman–Crippen LogP) is 3.26. The number of hydrogen-bond donors (Lipinski definition) is 3. The summed E-state index contributed by atoms with van der Waals surface area (Å²) < 4.78 is 1.07. The fraction of sp³-hybridized carbons (Fsp3) is 0.286. The molecule has 1 aromatic heterocycles. The molecule has 2 aromatic rings. The van der Waals surface area contributed by atoms with Gasteiger partial charge in [-0.15, -0.1) is 0 Å². The number of benzene rings is 1. The first kappa shape index (κ1) is 14.6. The smallest absolute Gasteiger partial charge is 0.223 e. The van der Waals surface area contributed by atoms with Gasteiger partial charge in [0, 0.05) is 23.6 Å². The standard InChI is InChI=1S/C14H18BrN5/c1-2-7-17-12-8-13(20-14(16)19-12)18-9-10-5-3-4-6-11(10)15/h3-6,8H,2,7,9H2,1H3,(H4,16,17,18,19,20). The molecule has 0 radical (unpaired) electrons. The van der Waals surface area contributed by atoms with Crippen LogP contribution in [0.4, 0.5) is 17.6 Å². The van der Waals surface area contributed by atoms with Gasteiger partial charge in [0.2, 0.25) is 5.95 Å². The van der Waals surface area contributed by atoms with E-state index in [-0.39, 0.29) is 5.95 Å². The molecule has 0 aliphatic rings. The van der Waals surface area contributed by atoms with Crippen LogP contribution in [-0.4, -0.2) is 16.5 Å². The van der Waals surface area contributed by atoms with Gasteiger partial charge in [0.15, 0.2) is 0 Å². The second-order valence-corrected chi connectivity index (χ2v) is 5.22. The third kappa shape index (κ3) is 4.09. The minimum absolute atomic E-state index is 0.265. The Morgan fingerprint density at radius 1 is 1.15 bits per heavy atom. The second kappa shape index (κ2) is 7.09. The Morgan fingerprint density at radius 2 is 1.85 bits per heavy atom. The fourth-order valence-corrected chi connectivity index (χ4v) is 2.15. The van der Waals surface area contributed by atoms with Crippen LogP contribution in [0.15, 0.2) is 34.8 Å². The monoisotopic (exact) mass is 335 g/mol. The Morgan fingerprint density at radius 3 is 2.55 bits per heavy atom. The van der Waals surface area contributed by atoms with Crippen LogP contribution in [0.3, 0.4) is 0 Å². The average molecular weight is 336 g/mol. The predicted molar refractivity (Wildman–Crippen MR) is 86.7 cm³/mol. The first-order valence-electron chi connectivity index (χ1n) is 6.54. The third-order valence-corrected chi connectivity index (χ3v) is 3.49. The number of nitrogens with one attached hydrogen (secondary N) is 2. The van der Waals surface area contributed by atoms with Crippen LogP contribution in [0.5, 0.6) is 0 Å². The molecule has 0 spiro atoms. The molecule has 0 aliphatic heterocycles. The van der Waals surface area contributed by atoms with Crippen LogP contribution in [0, 0.1) is 0 Å². The van der Waals surface area contributed by atoms with Crippen LogP contribution in [0.2, 0.25) is 0 Å². The van der Waals surface area contributed by atoms with Gasteiger partial charge in [0.1, 0.15) is 11.6 Å². The number of rotatable bonds is 6. The van der Waals surface area contributed by atoms with Crippen molar-refractivity contribution in [2.75, 3.05) is 22.9 Å². The highest BCUT2D eigenvalue weighted by Crippen LogP contribution is 2.18. The summed E-state index contributed by atoms with van der Waals surface area (Å²) in [4.78, 5) is 8.34. The molecule has 2 rings (SSSR count). The van der Waals surface area contributed by atoms with Crippen LogP contribution in [0.25, 0.3) is 0 Å². The molecule has 0 saturated carbocycles. The summed E-state index contributed by atoms with van der Waals surface area (Å²) in [6, 6.07) is 9.92. The summed E-state index contributed by atoms with van der Waals surface area (Å²) in [7, 11) is 0. The Balaban J connectivity index is 2.05. The maximum atomic E-state index is 5.72. The zero-order valence-electron chi connectivity index (χ0n) is 11.4. The van der Waals surface area contributed by atoms with Gasteiger partial charge in [-0.3, -0.25) is 0 Å². The second-order valence-electron chi connectivity index (χ2n) is 4.37. The third-order valence-electron chi connectivity index (χ3n) is 2.72. The maximum absolute atomic E-state index is 5.72. The van der Waals surface area contributed by atoms with Crippen molar-refractivity contribution in [3.8, 4) is 0 Å². The van der Waals surface area contributed by atoms with E-state index in [0.29, 0.717) is 12.4 Å². The van der Waals surface area contributed by atoms with Crippen molar-refractivity contribution >= 4 is 33.5 Å². The lowest BCUT2D eigenvalue weighted by Crippen LogP contribution is -2.08. The van der Waals surface area contributed by atoms with Gasteiger partial charge in [-0.2, -0.15) is 9.97 Å². The molecule has 0 saturated heterocycles. The highest BCUT2D eigenvalue weighted by Gasteiger charge is 2.03. The molecule has 0 aliphatic carbocycles. The Bertz CT molecular complexity index is 573. The van der Waals surface area contributed by atoms with Gasteiger partial charge in [0.05, 0.1) is 0 Å². The van der Waals surface area contributed by atoms with Gasteiger partial charge >= 0.3 is 0 Å². The van der Waals surface area contributed by atoms with Crippen LogP contribution in [-0.2, 0) is 6.54 Å². The van der Waals surface area contributed by atoms with E-state index in [1.807, 2.05) is 24.3 Å². The normalized spacial score (nSPS) is 10.3. The molecule has 0 atom stereocenters. The molecule has 1 aromatic carbocycles. The van der Waals surface area contributed by atoms with E-state index < -0.39 is 0 Å². The van der Waals surface area contributed by atoms with E-state index in [2.05, 4.69) is 49.5 Å². The molecule has 1 heterocycles. The maximum Gasteiger partial charge on any atom is 0.223 e. The molecule has 106 valence electrons. The average Bonchev–Trinajstić information content (AvgIpc) is 2.44. The van der Waals surface area contributed by atoms with Crippen molar-refractivity contribution in [1.82, 2.24) is 9.97 Å². The topological polar surface area (TPSA) is 75.9 Å².